The summed E-state index contributed by atoms with van der Waals surface area (Å²) in [4.78, 5) is 20.5. The lowest BCUT2D eigenvalue weighted by molar-refractivity contribution is -0.147. The molecule has 2 aliphatic heterocycles. The standard InChI is InChI=1S/C26H35N3O2/c1-26(13-15-28(16-14-26)19-21-7-5-4-6-8-21)25(30)29-18-17-27(2)24(20-29)22-9-11-23(31-3)12-10-22/h4-12,24H,13-20H2,1-3H3/t24-/m1/s1. The summed E-state index contributed by atoms with van der Waals surface area (Å²) in [6, 6.07) is 19.1. The average molecular weight is 422 g/mol. The zero-order chi connectivity index (χ0) is 21.8. The molecule has 2 saturated heterocycles. The number of benzene rings is 2. The Balaban J connectivity index is 1.38. The van der Waals surface area contributed by atoms with Crippen LogP contribution in [0.4, 0.5) is 0 Å². The quantitative estimate of drug-likeness (QED) is 0.736. The van der Waals surface area contributed by atoms with Crippen molar-refractivity contribution in [2.45, 2.75) is 32.4 Å². The third-order valence-electron chi connectivity index (χ3n) is 7.16. The van der Waals surface area contributed by atoms with Gasteiger partial charge in [0.2, 0.25) is 5.91 Å². The minimum atomic E-state index is -0.256. The number of rotatable bonds is 5. The van der Waals surface area contributed by atoms with Crippen LogP contribution >= 0.6 is 0 Å². The molecule has 0 radical (unpaired) electrons. The first kappa shape index (κ1) is 21.8. The van der Waals surface area contributed by atoms with Gasteiger partial charge in [0, 0.05) is 31.6 Å². The Bertz CT molecular complexity index is 860. The molecule has 2 aromatic carbocycles. The number of nitrogens with zero attached hydrogens (tertiary/aromatic N) is 3. The zero-order valence-electron chi connectivity index (χ0n) is 19.1. The van der Waals surface area contributed by atoms with Gasteiger partial charge >= 0.3 is 0 Å². The van der Waals surface area contributed by atoms with Gasteiger partial charge in [0.15, 0.2) is 0 Å². The second-order valence-electron chi connectivity index (χ2n) is 9.34. The number of likely N-dealkylation sites (N-methyl/N-ethyl adjacent to an activating group) is 1. The first-order valence-electron chi connectivity index (χ1n) is 11.4. The summed E-state index contributed by atoms with van der Waals surface area (Å²) in [7, 11) is 3.84. The van der Waals surface area contributed by atoms with E-state index in [0.29, 0.717) is 5.91 Å². The van der Waals surface area contributed by atoms with Crippen LogP contribution in [0, 0.1) is 5.41 Å². The SMILES string of the molecule is COc1ccc([C@H]2CN(C(=O)C3(C)CCN(Cc4ccccc4)CC3)CCN2C)cc1. The highest BCUT2D eigenvalue weighted by Crippen LogP contribution is 2.35. The molecule has 2 aliphatic rings. The van der Waals surface area contributed by atoms with Crippen LogP contribution in [-0.4, -0.2) is 67.5 Å². The van der Waals surface area contributed by atoms with Crippen LogP contribution < -0.4 is 4.74 Å². The van der Waals surface area contributed by atoms with Gasteiger partial charge in [-0.2, -0.15) is 0 Å². The molecule has 4 rings (SSSR count). The Morgan fingerprint density at radius 3 is 2.32 bits per heavy atom. The molecular formula is C26H35N3O2. The average Bonchev–Trinajstić information content (AvgIpc) is 2.81. The van der Waals surface area contributed by atoms with Crippen LogP contribution in [0.15, 0.2) is 54.6 Å². The minimum absolute atomic E-state index is 0.227. The molecule has 5 nitrogen and oxygen atoms in total. The Morgan fingerprint density at radius 1 is 1.00 bits per heavy atom. The van der Waals surface area contributed by atoms with E-state index in [1.165, 1.54) is 11.1 Å². The number of methoxy groups -OCH3 is 1. The molecule has 0 unspecified atom stereocenters. The maximum absolute atomic E-state index is 13.6. The fourth-order valence-corrected chi connectivity index (χ4v) is 4.89. The Labute approximate surface area is 186 Å². The number of piperidine rings is 1. The number of ether oxygens (including phenoxy) is 1. The fourth-order valence-electron chi connectivity index (χ4n) is 4.89. The Kier molecular flexibility index (Phi) is 6.63. The van der Waals surface area contributed by atoms with Crippen molar-refractivity contribution in [1.82, 2.24) is 14.7 Å². The predicted octanol–water partition coefficient (Wildman–Crippen LogP) is 3.81. The smallest absolute Gasteiger partial charge is 0.228 e. The van der Waals surface area contributed by atoms with Crippen molar-refractivity contribution in [2.24, 2.45) is 5.41 Å². The molecule has 31 heavy (non-hydrogen) atoms. The van der Waals surface area contributed by atoms with E-state index in [1.807, 2.05) is 12.1 Å². The topological polar surface area (TPSA) is 36.0 Å². The molecule has 0 spiro atoms. The van der Waals surface area contributed by atoms with E-state index < -0.39 is 0 Å². The summed E-state index contributed by atoms with van der Waals surface area (Å²) in [6.07, 6.45) is 1.86. The van der Waals surface area contributed by atoms with Crippen molar-refractivity contribution in [1.29, 1.82) is 0 Å². The highest BCUT2D eigenvalue weighted by Gasteiger charge is 2.41. The second kappa shape index (κ2) is 9.41. The molecule has 0 aromatic heterocycles. The van der Waals surface area contributed by atoms with Gasteiger partial charge in [-0.1, -0.05) is 49.4 Å². The van der Waals surface area contributed by atoms with Crippen LogP contribution in [0.25, 0.3) is 0 Å². The van der Waals surface area contributed by atoms with Gasteiger partial charge in [-0.3, -0.25) is 14.6 Å². The number of hydrogen-bond acceptors (Lipinski definition) is 4. The van der Waals surface area contributed by atoms with Crippen molar-refractivity contribution < 1.29 is 9.53 Å². The van der Waals surface area contributed by atoms with Gasteiger partial charge in [0.1, 0.15) is 5.75 Å². The summed E-state index contributed by atoms with van der Waals surface area (Å²) in [5.74, 6) is 1.20. The number of carbonyl (C=O) groups is 1. The molecule has 166 valence electrons. The summed E-state index contributed by atoms with van der Waals surface area (Å²) >= 11 is 0. The monoisotopic (exact) mass is 421 g/mol. The predicted molar refractivity (Wildman–Crippen MR) is 124 cm³/mol. The zero-order valence-corrected chi connectivity index (χ0v) is 19.1. The molecule has 2 fully saturated rings. The van der Waals surface area contributed by atoms with Crippen molar-refractivity contribution in [2.75, 3.05) is 46.9 Å². The van der Waals surface area contributed by atoms with Crippen molar-refractivity contribution in [3.8, 4) is 5.75 Å². The maximum atomic E-state index is 13.6. The summed E-state index contributed by atoms with van der Waals surface area (Å²) in [5, 5.41) is 0. The van der Waals surface area contributed by atoms with Crippen LogP contribution in [0.5, 0.6) is 5.75 Å². The number of likely N-dealkylation sites (tertiary alicyclic amines) is 1. The largest absolute Gasteiger partial charge is 0.497 e. The highest BCUT2D eigenvalue weighted by atomic mass is 16.5. The van der Waals surface area contributed by atoms with Crippen LogP contribution in [0.3, 0.4) is 0 Å². The van der Waals surface area contributed by atoms with Gasteiger partial charge in [-0.05, 0) is 56.2 Å². The number of amides is 1. The molecular weight excluding hydrogens is 386 g/mol. The summed E-state index contributed by atoms with van der Waals surface area (Å²) < 4.78 is 5.30. The molecule has 1 atom stereocenters. The van der Waals surface area contributed by atoms with Crippen molar-refractivity contribution >= 4 is 5.91 Å². The van der Waals surface area contributed by atoms with E-state index in [4.69, 9.17) is 4.74 Å². The molecule has 2 heterocycles. The first-order valence-corrected chi connectivity index (χ1v) is 11.4. The van der Waals surface area contributed by atoms with E-state index in [1.54, 1.807) is 7.11 Å². The second-order valence-corrected chi connectivity index (χ2v) is 9.34. The molecule has 2 aromatic rings. The molecule has 0 saturated carbocycles. The van der Waals surface area contributed by atoms with E-state index in [0.717, 1.165) is 57.9 Å². The molecule has 5 heteroatoms. The lowest BCUT2D eigenvalue weighted by Crippen LogP contribution is -2.54. The lowest BCUT2D eigenvalue weighted by Gasteiger charge is -2.45. The molecule has 0 N–H and O–H groups in total. The summed E-state index contributed by atoms with van der Waals surface area (Å²) in [5.41, 5.74) is 2.33. The highest BCUT2D eigenvalue weighted by molar-refractivity contribution is 5.82. The third-order valence-corrected chi connectivity index (χ3v) is 7.16. The summed E-state index contributed by atoms with van der Waals surface area (Å²) in [6.45, 7) is 7.57. The van der Waals surface area contributed by atoms with Gasteiger partial charge < -0.3 is 9.64 Å². The first-order chi connectivity index (χ1) is 15.0. The number of hydrogen-bond donors (Lipinski definition) is 0. The van der Waals surface area contributed by atoms with Gasteiger partial charge in [-0.25, -0.2) is 0 Å². The van der Waals surface area contributed by atoms with Crippen molar-refractivity contribution in [3.63, 3.8) is 0 Å². The van der Waals surface area contributed by atoms with Gasteiger partial charge in [-0.15, -0.1) is 0 Å². The minimum Gasteiger partial charge on any atom is -0.497 e. The van der Waals surface area contributed by atoms with E-state index in [-0.39, 0.29) is 11.5 Å². The van der Waals surface area contributed by atoms with Crippen molar-refractivity contribution in [3.05, 3.63) is 65.7 Å². The lowest BCUT2D eigenvalue weighted by atomic mass is 9.78. The molecule has 0 bridgehead atoms. The fraction of sp³-hybridized carbons (Fsp3) is 0.500. The Hall–Kier alpha value is -2.37. The van der Waals surface area contributed by atoms with Crippen LogP contribution in [-0.2, 0) is 11.3 Å². The molecule has 1 amide bonds. The molecule has 0 aliphatic carbocycles. The van der Waals surface area contributed by atoms with Gasteiger partial charge in [0.25, 0.3) is 0 Å². The Morgan fingerprint density at radius 2 is 1.68 bits per heavy atom. The number of carbonyl (C=O) groups excluding carboxylic acids is 1. The maximum Gasteiger partial charge on any atom is 0.228 e. The third kappa shape index (κ3) is 4.94. The van der Waals surface area contributed by atoms with E-state index in [2.05, 4.69) is 71.1 Å². The number of piperazine rings is 1. The van der Waals surface area contributed by atoms with Crippen LogP contribution in [0.1, 0.15) is 36.9 Å². The van der Waals surface area contributed by atoms with Crippen LogP contribution in [0.2, 0.25) is 0 Å². The normalized spacial score (nSPS) is 22.3. The van der Waals surface area contributed by atoms with E-state index in [9.17, 15) is 4.79 Å². The van der Waals surface area contributed by atoms with Gasteiger partial charge in [0.05, 0.1) is 13.2 Å². The van der Waals surface area contributed by atoms with E-state index >= 15 is 0 Å².